The lowest BCUT2D eigenvalue weighted by atomic mass is 10.3. The zero-order chi connectivity index (χ0) is 13.0. The fraction of sp³-hybridized carbons (Fsp3) is 0.182. The quantitative estimate of drug-likeness (QED) is 0.860. The van der Waals surface area contributed by atoms with Crippen LogP contribution >= 0.6 is 34.7 Å². The molecule has 0 saturated heterocycles. The third-order valence-corrected chi connectivity index (χ3v) is 4.53. The zero-order valence-electron chi connectivity index (χ0n) is 9.17. The molecule has 0 saturated carbocycles. The van der Waals surface area contributed by atoms with Crippen LogP contribution in [0, 0.1) is 0 Å². The van der Waals surface area contributed by atoms with E-state index in [-0.39, 0.29) is 6.42 Å². The maximum Gasteiger partial charge on any atom is 0.309 e. The van der Waals surface area contributed by atoms with Crippen molar-refractivity contribution in [3.8, 4) is 0 Å². The summed E-state index contributed by atoms with van der Waals surface area (Å²) in [5.41, 5.74) is 1.59. The van der Waals surface area contributed by atoms with Crippen LogP contribution in [-0.4, -0.2) is 21.0 Å². The van der Waals surface area contributed by atoms with Crippen LogP contribution in [0.15, 0.2) is 28.2 Å². The number of nitrogens with zero attached hydrogens (tertiary/aromatic N) is 2. The summed E-state index contributed by atoms with van der Waals surface area (Å²) in [7, 11) is 0. The molecule has 2 aromatic heterocycles. The molecule has 0 fully saturated rings. The molecular weight excluding hydrogens is 292 g/mol. The third-order valence-electron chi connectivity index (χ3n) is 2.07. The second-order valence-corrected chi connectivity index (χ2v) is 5.92. The predicted molar refractivity (Wildman–Crippen MR) is 72.3 cm³/mol. The van der Waals surface area contributed by atoms with E-state index in [0.29, 0.717) is 16.5 Å². The Hall–Kier alpha value is -1.11. The van der Waals surface area contributed by atoms with Crippen LogP contribution in [-0.2, 0) is 17.0 Å². The first-order valence-electron chi connectivity index (χ1n) is 5.02. The maximum absolute atomic E-state index is 10.5. The van der Waals surface area contributed by atoms with Crippen LogP contribution < -0.4 is 0 Å². The van der Waals surface area contributed by atoms with Crippen LogP contribution in [0.3, 0.4) is 0 Å². The molecule has 1 N–H and O–H groups in total. The number of thioether (sulfide) groups is 1. The summed E-state index contributed by atoms with van der Waals surface area (Å²) in [6, 6.07) is 1.86. The van der Waals surface area contributed by atoms with Gasteiger partial charge in [-0.2, -0.15) is 0 Å². The number of carboxylic acid groups (broad SMARTS) is 1. The summed E-state index contributed by atoms with van der Waals surface area (Å²) in [6.07, 6.45) is 3.27. The molecular formula is C11H9ClN2O2S2. The van der Waals surface area contributed by atoms with E-state index in [1.807, 2.05) is 6.07 Å². The van der Waals surface area contributed by atoms with Crippen molar-refractivity contribution in [2.45, 2.75) is 16.5 Å². The van der Waals surface area contributed by atoms with Gasteiger partial charge >= 0.3 is 5.97 Å². The molecule has 0 radical (unpaired) electrons. The molecule has 94 valence electrons. The highest BCUT2D eigenvalue weighted by Gasteiger charge is 2.07. The summed E-state index contributed by atoms with van der Waals surface area (Å²) in [5, 5.41) is 11.1. The molecule has 18 heavy (non-hydrogen) atoms. The summed E-state index contributed by atoms with van der Waals surface area (Å²) >= 11 is 8.98. The molecule has 0 aliphatic carbocycles. The van der Waals surface area contributed by atoms with Crippen molar-refractivity contribution in [1.82, 2.24) is 9.97 Å². The van der Waals surface area contributed by atoms with Crippen molar-refractivity contribution in [1.29, 1.82) is 0 Å². The van der Waals surface area contributed by atoms with E-state index in [9.17, 15) is 4.79 Å². The lowest BCUT2D eigenvalue weighted by Crippen LogP contribution is -1.99. The Bertz CT molecular complexity index is 559. The van der Waals surface area contributed by atoms with E-state index in [0.717, 1.165) is 9.90 Å². The number of rotatable bonds is 5. The fourth-order valence-corrected chi connectivity index (χ4v) is 3.37. The SMILES string of the molecule is O=C(O)Cc1csc(SCc2ccncc2Cl)n1. The number of aliphatic carboxylic acids is 1. The van der Waals surface area contributed by atoms with Gasteiger partial charge in [-0.25, -0.2) is 4.98 Å². The van der Waals surface area contributed by atoms with Gasteiger partial charge in [-0.1, -0.05) is 23.4 Å². The largest absolute Gasteiger partial charge is 0.481 e. The second kappa shape index (κ2) is 6.17. The summed E-state index contributed by atoms with van der Waals surface area (Å²) in [4.78, 5) is 18.7. The number of carboxylic acids is 1. The Labute approximate surface area is 117 Å². The van der Waals surface area contributed by atoms with Gasteiger partial charge in [0.1, 0.15) is 4.34 Å². The maximum atomic E-state index is 10.5. The van der Waals surface area contributed by atoms with Crippen LogP contribution in [0.2, 0.25) is 5.02 Å². The molecule has 0 unspecified atom stereocenters. The Morgan fingerprint density at radius 1 is 1.56 bits per heavy atom. The van der Waals surface area contributed by atoms with Gasteiger partial charge < -0.3 is 5.11 Å². The van der Waals surface area contributed by atoms with E-state index in [1.54, 1.807) is 17.8 Å². The highest BCUT2D eigenvalue weighted by Crippen LogP contribution is 2.28. The number of carbonyl (C=O) groups is 1. The average molecular weight is 301 g/mol. The second-order valence-electron chi connectivity index (χ2n) is 3.43. The van der Waals surface area contributed by atoms with Gasteiger partial charge in [0.05, 0.1) is 17.1 Å². The lowest BCUT2D eigenvalue weighted by molar-refractivity contribution is -0.136. The highest BCUT2D eigenvalue weighted by atomic mass is 35.5. The molecule has 0 amide bonds. The average Bonchev–Trinajstić information content (AvgIpc) is 2.75. The number of hydrogen-bond donors (Lipinski definition) is 1. The number of hydrogen-bond acceptors (Lipinski definition) is 5. The Kier molecular flexibility index (Phi) is 4.57. The molecule has 0 aromatic carbocycles. The summed E-state index contributed by atoms with van der Waals surface area (Å²) in [6.45, 7) is 0. The first-order chi connectivity index (χ1) is 8.65. The number of aromatic nitrogens is 2. The van der Waals surface area contributed by atoms with Crippen molar-refractivity contribution in [2.75, 3.05) is 0 Å². The van der Waals surface area contributed by atoms with E-state index >= 15 is 0 Å². The number of thiazole rings is 1. The van der Waals surface area contributed by atoms with Crippen molar-refractivity contribution in [3.63, 3.8) is 0 Å². The first kappa shape index (κ1) is 13.3. The van der Waals surface area contributed by atoms with Gasteiger partial charge in [-0.3, -0.25) is 9.78 Å². The summed E-state index contributed by atoms with van der Waals surface area (Å²) in [5.74, 6) is -0.171. The Morgan fingerprint density at radius 2 is 2.39 bits per heavy atom. The number of pyridine rings is 1. The Morgan fingerprint density at radius 3 is 3.11 bits per heavy atom. The standard InChI is InChI=1S/C11H9ClN2O2S2/c12-9-4-13-2-1-7(9)5-17-11-14-8(6-18-11)3-10(15)16/h1-2,4,6H,3,5H2,(H,15,16). The minimum Gasteiger partial charge on any atom is -0.481 e. The first-order valence-corrected chi connectivity index (χ1v) is 7.27. The van der Waals surface area contributed by atoms with E-state index < -0.39 is 5.97 Å². The normalized spacial score (nSPS) is 10.5. The predicted octanol–water partition coefficient (Wildman–Crippen LogP) is 3.11. The molecule has 7 heteroatoms. The lowest BCUT2D eigenvalue weighted by Gasteiger charge is -2.00. The van der Waals surface area contributed by atoms with E-state index in [2.05, 4.69) is 9.97 Å². The van der Waals surface area contributed by atoms with Gasteiger partial charge in [-0.05, 0) is 11.6 Å². The van der Waals surface area contributed by atoms with Crippen molar-refractivity contribution < 1.29 is 9.90 Å². The van der Waals surface area contributed by atoms with Crippen LogP contribution in [0.4, 0.5) is 0 Å². The minimum absolute atomic E-state index is 0.0346. The molecule has 2 heterocycles. The molecule has 0 aliphatic rings. The van der Waals surface area contributed by atoms with Gasteiger partial charge in [0.25, 0.3) is 0 Å². The number of halogens is 1. The molecule has 2 rings (SSSR count). The molecule has 4 nitrogen and oxygen atoms in total. The molecule has 0 aliphatic heterocycles. The van der Waals surface area contributed by atoms with Crippen LogP contribution in [0.25, 0.3) is 0 Å². The molecule has 0 atom stereocenters. The van der Waals surface area contributed by atoms with Gasteiger partial charge in [0.15, 0.2) is 0 Å². The summed E-state index contributed by atoms with van der Waals surface area (Å²) < 4.78 is 0.846. The van der Waals surface area contributed by atoms with Crippen molar-refractivity contribution >= 4 is 40.7 Å². The van der Waals surface area contributed by atoms with E-state index in [4.69, 9.17) is 16.7 Å². The molecule has 0 spiro atoms. The van der Waals surface area contributed by atoms with Crippen LogP contribution in [0.1, 0.15) is 11.3 Å². The van der Waals surface area contributed by atoms with Gasteiger partial charge in [-0.15, -0.1) is 11.3 Å². The fourth-order valence-electron chi connectivity index (χ4n) is 1.25. The van der Waals surface area contributed by atoms with Crippen molar-refractivity contribution in [3.05, 3.63) is 40.1 Å². The van der Waals surface area contributed by atoms with Gasteiger partial charge in [0.2, 0.25) is 0 Å². The molecule has 0 bridgehead atoms. The zero-order valence-corrected chi connectivity index (χ0v) is 11.6. The smallest absolute Gasteiger partial charge is 0.309 e. The van der Waals surface area contributed by atoms with Gasteiger partial charge in [0, 0.05) is 23.5 Å². The topological polar surface area (TPSA) is 63.1 Å². The third kappa shape index (κ3) is 3.69. The van der Waals surface area contributed by atoms with Crippen LogP contribution in [0.5, 0.6) is 0 Å². The van der Waals surface area contributed by atoms with E-state index in [1.165, 1.54) is 23.1 Å². The Balaban J connectivity index is 1.96. The highest BCUT2D eigenvalue weighted by molar-refractivity contribution is 8.00. The molecule has 2 aromatic rings. The minimum atomic E-state index is -0.867. The van der Waals surface area contributed by atoms with Crippen molar-refractivity contribution in [2.24, 2.45) is 0 Å². The monoisotopic (exact) mass is 300 g/mol.